The summed E-state index contributed by atoms with van der Waals surface area (Å²) in [6.07, 6.45) is 2.61. The van der Waals surface area contributed by atoms with E-state index in [1.807, 2.05) is 0 Å². The van der Waals surface area contributed by atoms with E-state index in [1.54, 1.807) is 0 Å². The van der Waals surface area contributed by atoms with Crippen LogP contribution in [0.25, 0.3) is 0 Å². The van der Waals surface area contributed by atoms with Crippen LogP contribution in [0.1, 0.15) is 55.0 Å². The average Bonchev–Trinajstić information content (AvgIpc) is 2.31. The number of hydrogen-bond acceptors (Lipinski definition) is 2. The van der Waals surface area contributed by atoms with Crippen LogP contribution in [0.3, 0.4) is 0 Å². The van der Waals surface area contributed by atoms with Gasteiger partial charge >= 0.3 is 0 Å². The van der Waals surface area contributed by atoms with Crippen LogP contribution in [0.15, 0.2) is 12.1 Å². The van der Waals surface area contributed by atoms with Gasteiger partial charge in [0.1, 0.15) is 0 Å². The van der Waals surface area contributed by atoms with Crippen molar-refractivity contribution in [1.82, 2.24) is 4.90 Å². The molecule has 1 aliphatic heterocycles. The highest BCUT2D eigenvalue weighted by atomic mass is 15.2. The first kappa shape index (κ1) is 15.5. The Bertz CT molecular complexity index is 443. The lowest BCUT2D eigenvalue weighted by molar-refractivity contribution is 0.122. The van der Waals surface area contributed by atoms with Gasteiger partial charge in [0.15, 0.2) is 0 Å². The lowest BCUT2D eigenvalue weighted by atomic mass is 9.90. The second-order valence-electron chi connectivity index (χ2n) is 6.89. The van der Waals surface area contributed by atoms with E-state index < -0.39 is 0 Å². The fourth-order valence-electron chi connectivity index (χ4n) is 3.85. The summed E-state index contributed by atoms with van der Waals surface area (Å²) in [5.41, 5.74) is 11.9. The Morgan fingerprint density at radius 2 is 1.80 bits per heavy atom. The van der Waals surface area contributed by atoms with E-state index >= 15 is 0 Å². The van der Waals surface area contributed by atoms with Crippen molar-refractivity contribution < 1.29 is 0 Å². The number of piperidine rings is 1. The Kier molecular flexibility index (Phi) is 4.87. The molecule has 0 aliphatic carbocycles. The summed E-state index contributed by atoms with van der Waals surface area (Å²) in [5, 5.41) is 0. The van der Waals surface area contributed by atoms with Gasteiger partial charge in [0.25, 0.3) is 0 Å². The first-order chi connectivity index (χ1) is 9.38. The van der Waals surface area contributed by atoms with Crippen LogP contribution in [0, 0.1) is 26.7 Å². The van der Waals surface area contributed by atoms with E-state index in [-0.39, 0.29) is 6.04 Å². The molecule has 0 saturated carbocycles. The Balaban J connectivity index is 2.10. The average molecular weight is 274 g/mol. The zero-order valence-electron chi connectivity index (χ0n) is 13.7. The predicted molar refractivity (Wildman–Crippen MR) is 87.0 cm³/mol. The number of aryl methyl sites for hydroxylation is 3. The molecular formula is C18H30N2. The molecule has 2 heteroatoms. The molecule has 1 heterocycles. The molecule has 2 N–H and O–H groups in total. The largest absolute Gasteiger partial charge is 0.323 e. The van der Waals surface area contributed by atoms with Gasteiger partial charge < -0.3 is 5.73 Å². The van der Waals surface area contributed by atoms with Crippen LogP contribution in [-0.4, -0.2) is 24.0 Å². The number of rotatable bonds is 3. The van der Waals surface area contributed by atoms with Crippen molar-refractivity contribution in [3.05, 3.63) is 34.4 Å². The molecule has 0 bridgehead atoms. The second kappa shape index (κ2) is 6.28. The number of hydrogen-bond donors (Lipinski definition) is 1. The Morgan fingerprint density at radius 1 is 1.20 bits per heavy atom. The van der Waals surface area contributed by atoms with E-state index in [4.69, 9.17) is 5.73 Å². The zero-order valence-corrected chi connectivity index (χ0v) is 13.7. The molecule has 0 aromatic heterocycles. The van der Waals surface area contributed by atoms with Gasteiger partial charge in [-0.3, -0.25) is 4.90 Å². The normalized spacial score (nSPS) is 25.7. The molecular weight excluding hydrogens is 244 g/mol. The summed E-state index contributed by atoms with van der Waals surface area (Å²) >= 11 is 0. The fraction of sp³-hybridized carbons (Fsp3) is 0.667. The molecule has 3 atom stereocenters. The number of nitrogens with two attached hydrogens (primary N) is 1. The predicted octanol–water partition coefficient (Wildman–Crippen LogP) is 3.73. The highest BCUT2D eigenvalue weighted by Crippen LogP contribution is 2.27. The maximum Gasteiger partial charge on any atom is 0.0429 e. The molecule has 3 unspecified atom stereocenters. The summed E-state index contributed by atoms with van der Waals surface area (Å²) in [5.74, 6) is 0.861. The highest BCUT2D eigenvalue weighted by Gasteiger charge is 2.25. The van der Waals surface area contributed by atoms with Crippen LogP contribution >= 0.6 is 0 Å². The van der Waals surface area contributed by atoms with Gasteiger partial charge in [-0.15, -0.1) is 0 Å². The minimum absolute atomic E-state index is 0.131. The van der Waals surface area contributed by atoms with Crippen molar-refractivity contribution in [1.29, 1.82) is 0 Å². The molecule has 1 aromatic carbocycles. The number of likely N-dealkylation sites (tertiary alicyclic amines) is 1. The second-order valence-corrected chi connectivity index (χ2v) is 6.89. The topological polar surface area (TPSA) is 29.3 Å². The Hall–Kier alpha value is -0.860. The summed E-state index contributed by atoms with van der Waals surface area (Å²) in [7, 11) is 0. The fourth-order valence-corrected chi connectivity index (χ4v) is 3.85. The van der Waals surface area contributed by atoms with Crippen molar-refractivity contribution in [3.8, 4) is 0 Å². The van der Waals surface area contributed by atoms with Gasteiger partial charge in [-0.05, 0) is 69.7 Å². The Morgan fingerprint density at radius 3 is 2.35 bits per heavy atom. The van der Waals surface area contributed by atoms with E-state index in [1.165, 1.54) is 41.6 Å². The monoisotopic (exact) mass is 274 g/mol. The van der Waals surface area contributed by atoms with Crippen molar-refractivity contribution in [2.24, 2.45) is 11.7 Å². The van der Waals surface area contributed by atoms with Crippen LogP contribution < -0.4 is 5.73 Å². The third kappa shape index (κ3) is 3.42. The molecule has 1 saturated heterocycles. The van der Waals surface area contributed by atoms with Crippen molar-refractivity contribution in [2.45, 2.75) is 59.5 Å². The van der Waals surface area contributed by atoms with E-state index in [0.29, 0.717) is 6.04 Å². The third-order valence-corrected chi connectivity index (χ3v) is 4.82. The van der Waals surface area contributed by atoms with E-state index in [9.17, 15) is 0 Å². The molecule has 1 aromatic rings. The molecule has 1 fully saturated rings. The summed E-state index contributed by atoms with van der Waals surface area (Å²) < 4.78 is 0. The number of nitrogens with zero attached hydrogens (tertiary/aromatic N) is 1. The van der Waals surface area contributed by atoms with Gasteiger partial charge in [-0.25, -0.2) is 0 Å². The molecule has 1 aliphatic rings. The van der Waals surface area contributed by atoms with Crippen LogP contribution in [0.4, 0.5) is 0 Å². The quantitative estimate of drug-likeness (QED) is 0.910. The first-order valence-corrected chi connectivity index (χ1v) is 7.96. The zero-order chi connectivity index (χ0) is 14.9. The third-order valence-electron chi connectivity index (χ3n) is 4.82. The van der Waals surface area contributed by atoms with Crippen molar-refractivity contribution >= 4 is 0 Å². The standard InChI is InChI=1S/C18H30N2/c1-12-6-7-20(16(5)10-12)11-17(19)18-14(3)8-13(2)9-15(18)4/h8-9,12,16-17H,6-7,10-11,19H2,1-5H3. The minimum Gasteiger partial charge on any atom is -0.323 e. The maximum atomic E-state index is 6.53. The van der Waals surface area contributed by atoms with Gasteiger partial charge in [-0.2, -0.15) is 0 Å². The summed E-state index contributed by atoms with van der Waals surface area (Å²) in [4.78, 5) is 2.57. The van der Waals surface area contributed by atoms with Crippen LogP contribution in [0.5, 0.6) is 0 Å². The summed E-state index contributed by atoms with van der Waals surface area (Å²) in [6, 6.07) is 5.30. The van der Waals surface area contributed by atoms with Gasteiger partial charge in [0.2, 0.25) is 0 Å². The first-order valence-electron chi connectivity index (χ1n) is 7.96. The van der Waals surface area contributed by atoms with Crippen LogP contribution in [0.2, 0.25) is 0 Å². The van der Waals surface area contributed by atoms with Crippen molar-refractivity contribution in [2.75, 3.05) is 13.1 Å². The van der Waals surface area contributed by atoms with E-state index in [2.05, 4.69) is 51.7 Å². The molecule has 2 rings (SSSR count). The summed E-state index contributed by atoms with van der Waals surface area (Å²) in [6.45, 7) is 13.4. The number of benzene rings is 1. The van der Waals surface area contributed by atoms with Crippen LogP contribution in [-0.2, 0) is 0 Å². The highest BCUT2D eigenvalue weighted by molar-refractivity contribution is 5.39. The SMILES string of the molecule is Cc1cc(C)c(C(N)CN2CCC(C)CC2C)c(C)c1. The maximum absolute atomic E-state index is 6.53. The molecule has 112 valence electrons. The minimum atomic E-state index is 0.131. The Labute approximate surface area is 124 Å². The molecule has 0 amide bonds. The molecule has 0 spiro atoms. The lowest BCUT2D eigenvalue weighted by Gasteiger charge is -2.38. The van der Waals surface area contributed by atoms with Gasteiger partial charge in [0.05, 0.1) is 0 Å². The molecule has 0 radical (unpaired) electrons. The van der Waals surface area contributed by atoms with Crippen molar-refractivity contribution in [3.63, 3.8) is 0 Å². The molecule has 20 heavy (non-hydrogen) atoms. The van der Waals surface area contributed by atoms with Gasteiger partial charge in [-0.1, -0.05) is 24.6 Å². The lowest BCUT2D eigenvalue weighted by Crippen LogP contribution is -2.44. The van der Waals surface area contributed by atoms with E-state index in [0.717, 1.165) is 12.5 Å². The smallest absolute Gasteiger partial charge is 0.0429 e. The van der Waals surface area contributed by atoms with Gasteiger partial charge in [0, 0.05) is 18.6 Å². The molecule has 2 nitrogen and oxygen atoms in total.